The first kappa shape index (κ1) is 29.9. The van der Waals surface area contributed by atoms with Crippen LogP contribution in [0.15, 0.2) is 71.8 Å². The van der Waals surface area contributed by atoms with Crippen molar-refractivity contribution in [2.24, 2.45) is 12.5 Å². The standard InChI is InChI=1S/C30H27F5N6O2S/c1-39-16-24(15-38-39)44(2,43)41(17-30(33,34)35)23-6-3-19-11-27-26(37-18-40(27)22-7-4-20(31)5-8-22)14-29(19,13-23)28(42)25-12-21(32)9-10-36-25/h4-5,7-12,15-16,18,23H,2-3,6,13-14,17H2,1H3/t23-,29+,44?/m0/s1. The Labute approximate surface area is 250 Å². The van der Waals surface area contributed by atoms with E-state index in [0.29, 0.717) is 22.6 Å². The first-order chi connectivity index (χ1) is 20.8. The molecule has 2 aliphatic rings. The number of fused-ring (bicyclic) bond motifs is 2. The minimum atomic E-state index is -4.73. The Hall–Kier alpha value is -4.17. The van der Waals surface area contributed by atoms with Gasteiger partial charge in [0.25, 0.3) is 0 Å². The van der Waals surface area contributed by atoms with Crippen molar-refractivity contribution in [2.45, 2.75) is 42.8 Å². The molecule has 3 heterocycles. The van der Waals surface area contributed by atoms with Gasteiger partial charge in [-0.2, -0.15) is 18.3 Å². The summed E-state index contributed by atoms with van der Waals surface area (Å²) in [6, 6.07) is 6.86. The zero-order chi connectivity index (χ0) is 31.4. The van der Waals surface area contributed by atoms with Crippen LogP contribution in [-0.2, 0) is 23.2 Å². The molecule has 14 heteroatoms. The molecule has 0 aliphatic heterocycles. The second kappa shape index (κ2) is 10.8. The number of aromatic nitrogens is 5. The highest BCUT2D eigenvalue weighted by Gasteiger charge is 2.52. The second-order valence-electron chi connectivity index (χ2n) is 11.1. The summed E-state index contributed by atoms with van der Waals surface area (Å²) in [4.78, 5) is 23.0. The molecule has 0 bridgehead atoms. The molecule has 6 rings (SSSR count). The fourth-order valence-electron chi connectivity index (χ4n) is 6.22. The van der Waals surface area contributed by atoms with Gasteiger partial charge in [-0.25, -0.2) is 22.3 Å². The number of alkyl halides is 3. The molecule has 44 heavy (non-hydrogen) atoms. The van der Waals surface area contributed by atoms with Gasteiger partial charge in [0.05, 0.1) is 43.9 Å². The molecule has 230 valence electrons. The van der Waals surface area contributed by atoms with Gasteiger partial charge in [0, 0.05) is 43.7 Å². The first-order valence-electron chi connectivity index (χ1n) is 13.7. The minimum Gasteiger partial charge on any atom is -0.299 e. The molecule has 1 fully saturated rings. The van der Waals surface area contributed by atoms with Crippen LogP contribution in [0.3, 0.4) is 0 Å². The van der Waals surface area contributed by atoms with Crippen LogP contribution in [0, 0.1) is 17.0 Å². The van der Waals surface area contributed by atoms with E-state index in [1.54, 1.807) is 29.8 Å². The van der Waals surface area contributed by atoms with Gasteiger partial charge in [0.2, 0.25) is 0 Å². The first-order valence-corrected chi connectivity index (χ1v) is 15.3. The zero-order valence-electron chi connectivity index (χ0n) is 23.5. The van der Waals surface area contributed by atoms with Crippen molar-refractivity contribution in [3.05, 3.63) is 95.6 Å². The summed E-state index contributed by atoms with van der Waals surface area (Å²) in [6.07, 6.45) is 2.45. The lowest BCUT2D eigenvalue weighted by Gasteiger charge is -2.47. The number of nitrogens with zero attached hydrogens (tertiary/aromatic N) is 6. The number of Topliss-reactive ketones (excluding diaryl/α,β-unsaturated/α-hetero) is 1. The van der Waals surface area contributed by atoms with Crippen LogP contribution in [0.2, 0.25) is 0 Å². The summed E-state index contributed by atoms with van der Waals surface area (Å²) in [5, 5.41) is 3.97. The van der Waals surface area contributed by atoms with Gasteiger partial charge in [-0.3, -0.25) is 19.0 Å². The molecule has 1 unspecified atom stereocenters. The smallest absolute Gasteiger partial charge is 0.299 e. The van der Waals surface area contributed by atoms with E-state index in [4.69, 9.17) is 0 Å². The van der Waals surface area contributed by atoms with E-state index in [0.717, 1.165) is 22.6 Å². The average Bonchev–Trinajstić information content (AvgIpc) is 3.60. The Morgan fingerprint density at radius 3 is 2.57 bits per heavy atom. The highest BCUT2D eigenvalue weighted by molar-refractivity contribution is 7.98. The maximum Gasteiger partial charge on any atom is 0.402 e. The number of halogens is 5. The molecule has 4 aromatic rings. The van der Waals surface area contributed by atoms with E-state index in [2.05, 4.69) is 20.9 Å². The third-order valence-corrected chi connectivity index (χ3v) is 10.4. The number of ketones is 1. The number of pyridine rings is 1. The molecule has 3 atom stereocenters. The second-order valence-corrected chi connectivity index (χ2v) is 13.3. The summed E-state index contributed by atoms with van der Waals surface area (Å²) >= 11 is 0. The molecule has 0 amide bonds. The fourth-order valence-corrected chi connectivity index (χ4v) is 8.04. The van der Waals surface area contributed by atoms with E-state index in [9.17, 15) is 31.0 Å². The van der Waals surface area contributed by atoms with E-state index in [1.165, 1.54) is 35.5 Å². The number of aryl methyl sites for hydroxylation is 1. The normalized spacial score (nSPS) is 21.3. The number of rotatable bonds is 7. The lowest BCUT2D eigenvalue weighted by atomic mass is 9.61. The van der Waals surface area contributed by atoms with Crippen LogP contribution >= 0.6 is 0 Å². The van der Waals surface area contributed by atoms with E-state index < -0.39 is 51.3 Å². The minimum absolute atomic E-state index is 0.0129. The molecule has 0 radical (unpaired) electrons. The van der Waals surface area contributed by atoms with Gasteiger partial charge < -0.3 is 0 Å². The summed E-state index contributed by atoms with van der Waals surface area (Å²) < 4.78 is 87.9. The van der Waals surface area contributed by atoms with Crippen molar-refractivity contribution in [1.82, 2.24) is 28.6 Å². The predicted octanol–water partition coefficient (Wildman–Crippen LogP) is 5.20. The van der Waals surface area contributed by atoms with Crippen LogP contribution in [0.5, 0.6) is 0 Å². The van der Waals surface area contributed by atoms with Crippen molar-refractivity contribution in [2.75, 3.05) is 6.54 Å². The topological polar surface area (TPSA) is 85.9 Å². The molecule has 8 nitrogen and oxygen atoms in total. The van der Waals surface area contributed by atoms with Crippen molar-refractivity contribution >= 4 is 27.4 Å². The van der Waals surface area contributed by atoms with E-state index in [1.807, 2.05) is 0 Å². The third kappa shape index (κ3) is 5.36. The van der Waals surface area contributed by atoms with Gasteiger partial charge in [-0.05, 0) is 61.5 Å². The molecular weight excluding hydrogens is 603 g/mol. The Bertz CT molecular complexity index is 1880. The SMILES string of the molecule is C=S(=O)(c1cnn(C)c1)N(CC(F)(F)F)[C@H]1CCC2=Cc3c(ncn3-c3ccc(F)cc3)C[C@]2(C(=O)c2cc(F)ccn2)C1. The highest BCUT2D eigenvalue weighted by atomic mass is 32.2. The molecule has 0 saturated heterocycles. The molecule has 2 aliphatic carbocycles. The lowest BCUT2D eigenvalue weighted by Crippen LogP contribution is -2.52. The molecule has 1 saturated carbocycles. The maximum absolute atomic E-state index is 14.3. The van der Waals surface area contributed by atoms with Crippen LogP contribution in [-0.4, -0.2) is 63.2 Å². The number of allylic oxidation sites excluding steroid dienone is 1. The molecule has 0 spiro atoms. The number of carbonyl (C=O) groups is 1. The van der Waals surface area contributed by atoms with Gasteiger partial charge >= 0.3 is 6.18 Å². The number of benzene rings is 1. The highest BCUT2D eigenvalue weighted by Crippen LogP contribution is 2.51. The van der Waals surface area contributed by atoms with Gasteiger partial charge in [0.15, 0.2) is 5.78 Å². The van der Waals surface area contributed by atoms with Crippen LogP contribution in [0.4, 0.5) is 22.0 Å². The summed E-state index contributed by atoms with van der Waals surface area (Å²) in [5.41, 5.74) is 0.735. The summed E-state index contributed by atoms with van der Waals surface area (Å²) in [6.45, 7) is -1.53. The quantitative estimate of drug-likeness (QED) is 0.159. The number of imidazole rings is 1. The Kier molecular flexibility index (Phi) is 7.31. The van der Waals surface area contributed by atoms with Crippen LogP contribution in [0.25, 0.3) is 11.8 Å². The zero-order valence-corrected chi connectivity index (χ0v) is 24.3. The predicted molar refractivity (Wildman–Crippen MR) is 153 cm³/mol. The fraction of sp³-hybridized carbons (Fsp3) is 0.300. The number of hydrogen-bond acceptors (Lipinski definition) is 5. The summed E-state index contributed by atoms with van der Waals surface area (Å²) in [5.74, 6) is 2.06. The monoisotopic (exact) mass is 630 g/mol. The molecular formula is C30H27F5N6O2S. The van der Waals surface area contributed by atoms with Crippen molar-refractivity contribution in [3.8, 4) is 5.69 Å². The molecule has 1 aromatic carbocycles. The summed E-state index contributed by atoms with van der Waals surface area (Å²) in [7, 11) is -2.15. The molecule has 0 N–H and O–H groups in total. The van der Waals surface area contributed by atoms with E-state index in [-0.39, 0.29) is 36.3 Å². The maximum atomic E-state index is 14.3. The molecule has 3 aromatic heterocycles. The van der Waals surface area contributed by atoms with Gasteiger partial charge in [-0.1, -0.05) is 5.57 Å². The van der Waals surface area contributed by atoms with E-state index >= 15 is 0 Å². The van der Waals surface area contributed by atoms with Crippen molar-refractivity contribution in [3.63, 3.8) is 0 Å². The van der Waals surface area contributed by atoms with Gasteiger partial charge in [-0.15, -0.1) is 0 Å². The Balaban J connectivity index is 1.46. The van der Waals surface area contributed by atoms with Crippen molar-refractivity contribution < 1.29 is 31.0 Å². The lowest BCUT2D eigenvalue weighted by molar-refractivity contribution is -0.140. The Morgan fingerprint density at radius 2 is 1.91 bits per heavy atom. The van der Waals surface area contributed by atoms with Gasteiger partial charge in [0.1, 0.15) is 23.9 Å². The van der Waals surface area contributed by atoms with Crippen LogP contribution in [0.1, 0.15) is 41.1 Å². The van der Waals surface area contributed by atoms with Crippen molar-refractivity contribution in [1.29, 1.82) is 0 Å². The number of carbonyl (C=O) groups excluding carboxylic acids is 1. The average molecular weight is 631 g/mol. The Morgan fingerprint density at radius 1 is 1.16 bits per heavy atom. The van der Waals surface area contributed by atoms with Crippen LogP contribution < -0.4 is 0 Å². The third-order valence-electron chi connectivity index (χ3n) is 8.27. The number of hydrogen-bond donors (Lipinski definition) is 0. The largest absolute Gasteiger partial charge is 0.402 e.